The first-order chi connectivity index (χ1) is 12.6. The van der Waals surface area contributed by atoms with Gasteiger partial charge in [0.25, 0.3) is 0 Å². The SMILES string of the molecule is CCOC(=O)c1sc(C#CC(C)(C)C)cc1N(C)C(=O)[C@H]1CC[C@H](C)CC1. The molecule has 4 nitrogen and oxygen atoms in total. The fourth-order valence-electron chi connectivity index (χ4n) is 3.18. The molecule has 0 aliphatic heterocycles. The first-order valence-electron chi connectivity index (χ1n) is 9.74. The van der Waals surface area contributed by atoms with Crippen molar-refractivity contribution >= 4 is 28.9 Å². The van der Waals surface area contributed by atoms with E-state index in [1.54, 1.807) is 18.9 Å². The fourth-order valence-corrected chi connectivity index (χ4v) is 4.12. The van der Waals surface area contributed by atoms with Crippen LogP contribution in [0.1, 0.15) is 74.9 Å². The Balaban J connectivity index is 2.31. The number of ether oxygens (including phenoxy) is 1. The lowest BCUT2D eigenvalue weighted by Gasteiger charge is -2.29. The van der Waals surface area contributed by atoms with E-state index < -0.39 is 5.97 Å². The standard InChI is InChI=1S/C22H31NO3S/c1-7-26-21(25)19-18(14-17(27-19)12-13-22(3,4)5)23(6)20(24)16-10-8-15(2)9-11-16/h14-16H,7-11H2,1-6H3/t15-,16-. The van der Waals surface area contributed by atoms with E-state index in [-0.39, 0.29) is 17.2 Å². The first-order valence-corrected chi connectivity index (χ1v) is 10.6. The van der Waals surface area contributed by atoms with Gasteiger partial charge in [0.2, 0.25) is 5.91 Å². The third-order valence-electron chi connectivity index (χ3n) is 4.79. The first kappa shape index (κ1) is 21.5. The lowest BCUT2D eigenvalue weighted by Crippen LogP contribution is -2.35. The second kappa shape index (κ2) is 8.93. The van der Waals surface area contributed by atoms with Crippen molar-refractivity contribution < 1.29 is 14.3 Å². The summed E-state index contributed by atoms with van der Waals surface area (Å²) in [7, 11) is 1.76. The maximum Gasteiger partial charge on any atom is 0.350 e. The van der Waals surface area contributed by atoms with E-state index in [1.807, 2.05) is 26.8 Å². The van der Waals surface area contributed by atoms with Crippen LogP contribution in [0.15, 0.2) is 6.07 Å². The number of amides is 1. The van der Waals surface area contributed by atoms with Gasteiger partial charge >= 0.3 is 5.97 Å². The van der Waals surface area contributed by atoms with Gasteiger partial charge in [0.1, 0.15) is 4.88 Å². The maximum absolute atomic E-state index is 13.0. The van der Waals surface area contributed by atoms with E-state index >= 15 is 0 Å². The topological polar surface area (TPSA) is 46.6 Å². The van der Waals surface area contributed by atoms with Gasteiger partial charge in [-0.3, -0.25) is 4.79 Å². The van der Waals surface area contributed by atoms with Gasteiger partial charge in [-0.25, -0.2) is 4.79 Å². The van der Waals surface area contributed by atoms with Crippen LogP contribution in [0.5, 0.6) is 0 Å². The van der Waals surface area contributed by atoms with Crippen LogP contribution >= 0.6 is 11.3 Å². The largest absolute Gasteiger partial charge is 0.462 e. The minimum absolute atomic E-state index is 0.0326. The van der Waals surface area contributed by atoms with Crippen LogP contribution in [0.3, 0.4) is 0 Å². The molecule has 5 heteroatoms. The van der Waals surface area contributed by atoms with Crippen LogP contribution in [0.2, 0.25) is 0 Å². The number of anilines is 1. The van der Waals surface area contributed by atoms with Crippen LogP contribution in [-0.4, -0.2) is 25.5 Å². The molecule has 27 heavy (non-hydrogen) atoms. The zero-order valence-electron chi connectivity index (χ0n) is 17.3. The molecule has 1 aromatic heterocycles. The number of carbonyl (C=O) groups is 2. The maximum atomic E-state index is 13.0. The Kier molecular flexibility index (Phi) is 7.11. The number of carbonyl (C=O) groups excluding carboxylic acids is 2. The van der Waals surface area contributed by atoms with Crippen LogP contribution in [0.4, 0.5) is 5.69 Å². The summed E-state index contributed by atoms with van der Waals surface area (Å²) in [4.78, 5) is 28.3. The van der Waals surface area contributed by atoms with E-state index in [0.717, 1.165) is 30.6 Å². The molecule has 1 amide bonds. The highest BCUT2D eigenvalue weighted by molar-refractivity contribution is 7.15. The van der Waals surface area contributed by atoms with Gasteiger partial charge in [0.15, 0.2) is 0 Å². The van der Waals surface area contributed by atoms with E-state index in [9.17, 15) is 9.59 Å². The molecule has 1 fully saturated rings. The van der Waals surface area contributed by atoms with Crippen molar-refractivity contribution in [1.29, 1.82) is 0 Å². The van der Waals surface area contributed by atoms with E-state index in [1.165, 1.54) is 11.3 Å². The molecule has 0 bridgehead atoms. The van der Waals surface area contributed by atoms with Crippen LogP contribution < -0.4 is 4.90 Å². The molecular formula is C22H31NO3S. The summed E-state index contributed by atoms with van der Waals surface area (Å²) >= 11 is 1.30. The molecule has 1 aliphatic rings. The molecule has 1 heterocycles. The summed E-state index contributed by atoms with van der Waals surface area (Å²) in [6.45, 7) is 10.4. The summed E-state index contributed by atoms with van der Waals surface area (Å²) < 4.78 is 5.20. The van der Waals surface area contributed by atoms with Gasteiger partial charge in [-0.05, 0) is 65.4 Å². The highest BCUT2D eigenvalue weighted by Crippen LogP contribution is 2.34. The number of hydrogen-bond acceptors (Lipinski definition) is 4. The molecule has 0 spiro atoms. The Morgan fingerprint density at radius 2 is 1.89 bits per heavy atom. The summed E-state index contributed by atoms with van der Waals surface area (Å²) in [6.07, 6.45) is 4.00. The van der Waals surface area contributed by atoms with Gasteiger partial charge in [-0.1, -0.05) is 18.8 Å². The third kappa shape index (κ3) is 5.84. The quantitative estimate of drug-likeness (QED) is 0.531. The molecule has 1 aliphatic carbocycles. The van der Waals surface area contributed by atoms with Crippen molar-refractivity contribution in [3.63, 3.8) is 0 Å². The van der Waals surface area contributed by atoms with Crippen LogP contribution in [0.25, 0.3) is 0 Å². The monoisotopic (exact) mass is 389 g/mol. The summed E-state index contributed by atoms with van der Waals surface area (Å²) in [5.41, 5.74) is 0.481. The average Bonchev–Trinajstić information content (AvgIpc) is 3.03. The number of nitrogens with zero attached hydrogens (tertiary/aromatic N) is 1. The average molecular weight is 390 g/mol. The van der Waals surface area contributed by atoms with Gasteiger partial charge < -0.3 is 9.64 Å². The Hall–Kier alpha value is -1.80. The third-order valence-corrected chi connectivity index (χ3v) is 5.81. The molecule has 0 saturated heterocycles. The molecule has 2 rings (SSSR count). The summed E-state index contributed by atoms with van der Waals surface area (Å²) in [6, 6.07) is 1.85. The van der Waals surface area contributed by atoms with Crippen molar-refractivity contribution in [2.75, 3.05) is 18.6 Å². The van der Waals surface area contributed by atoms with Crippen LogP contribution in [-0.2, 0) is 9.53 Å². The molecule has 148 valence electrons. The van der Waals surface area contributed by atoms with E-state index in [0.29, 0.717) is 23.1 Å². The zero-order chi connectivity index (χ0) is 20.2. The van der Waals surface area contributed by atoms with Crippen molar-refractivity contribution in [3.8, 4) is 11.8 Å². The van der Waals surface area contributed by atoms with Crippen molar-refractivity contribution in [2.24, 2.45) is 17.3 Å². The van der Waals surface area contributed by atoms with Crippen molar-refractivity contribution in [2.45, 2.75) is 60.3 Å². The number of rotatable bonds is 4. The minimum Gasteiger partial charge on any atom is -0.462 e. The summed E-state index contributed by atoms with van der Waals surface area (Å²) in [5, 5.41) is 0. The van der Waals surface area contributed by atoms with E-state index in [2.05, 4.69) is 18.8 Å². The lowest BCUT2D eigenvalue weighted by atomic mass is 9.82. The van der Waals surface area contributed by atoms with Gasteiger partial charge in [0, 0.05) is 18.4 Å². The van der Waals surface area contributed by atoms with Gasteiger partial charge in [-0.15, -0.1) is 11.3 Å². The number of thiophene rings is 1. The molecule has 0 N–H and O–H groups in total. The van der Waals surface area contributed by atoms with Crippen molar-refractivity contribution in [1.82, 2.24) is 0 Å². The predicted molar refractivity (Wildman–Crippen MR) is 111 cm³/mol. The normalized spacial score (nSPS) is 19.8. The second-order valence-electron chi connectivity index (χ2n) is 8.40. The van der Waals surface area contributed by atoms with Gasteiger partial charge in [-0.2, -0.15) is 0 Å². The predicted octanol–water partition coefficient (Wildman–Crippen LogP) is 5.11. The second-order valence-corrected chi connectivity index (χ2v) is 9.45. The molecule has 0 aromatic carbocycles. The number of hydrogen-bond donors (Lipinski definition) is 0. The zero-order valence-corrected chi connectivity index (χ0v) is 18.2. The Bertz CT molecular complexity index is 740. The molecule has 0 radical (unpaired) electrons. The lowest BCUT2D eigenvalue weighted by molar-refractivity contribution is -0.123. The highest BCUT2D eigenvalue weighted by Gasteiger charge is 2.30. The summed E-state index contributed by atoms with van der Waals surface area (Å²) in [5.74, 6) is 6.75. The van der Waals surface area contributed by atoms with Crippen LogP contribution in [0, 0.1) is 29.1 Å². The molecule has 0 unspecified atom stereocenters. The molecule has 1 saturated carbocycles. The Morgan fingerprint density at radius 3 is 2.44 bits per heavy atom. The smallest absolute Gasteiger partial charge is 0.350 e. The van der Waals surface area contributed by atoms with Gasteiger partial charge in [0.05, 0.1) is 17.2 Å². The Labute approximate surface area is 167 Å². The highest BCUT2D eigenvalue weighted by atomic mass is 32.1. The fraction of sp³-hybridized carbons (Fsp3) is 0.636. The minimum atomic E-state index is -0.391. The number of esters is 1. The van der Waals surface area contributed by atoms with Crippen molar-refractivity contribution in [3.05, 3.63) is 15.8 Å². The molecule has 1 aromatic rings. The molecular weight excluding hydrogens is 358 g/mol. The Morgan fingerprint density at radius 1 is 1.26 bits per heavy atom. The molecule has 0 atom stereocenters. The van der Waals surface area contributed by atoms with E-state index in [4.69, 9.17) is 4.74 Å².